The van der Waals surface area contributed by atoms with E-state index in [2.05, 4.69) is 5.32 Å². The Hall–Kier alpha value is -3.84. The van der Waals surface area contributed by atoms with Crippen LogP contribution in [0.4, 0.5) is 5.69 Å². The van der Waals surface area contributed by atoms with Crippen molar-refractivity contribution in [3.63, 3.8) is 0 Å². The van der Waals surface area contributed by atoms with Crippen LogP contribution in [0.2, 0.25) is 0 Å². The first kappa shape index (κ1) is 23.6. The monoisotopic (exact) mass is 499 g/mol. The van der Waals surface area contributed by atoms with Crippen LogP contribution in [0.25, 0.3) is 0 Å². The molecular weight excluding hydrogens is 468 g/mol. The van der Waals surface area contributed by atoms with Crippen molar-refractivity contribution >= 4 is 17.4 Å². The number of benzene rings is 3. The maximum absolute atomic E-state index is 13.6. The molecule has 3 fully saturated rings. The first-order valence-corrected chi connectivity index (χ1v) is 12.9. The van der Waals surface area contributed by atoms with Crippen LogP contribution in [0.5, 0.6) is 11.5 Å². The van der Waals surface area contributed by atoms with Crippen molar-refractivity contribution in [3.8, 4) is 11.5 Å². The van der Waals surface area contributed by atoms with E-state index in [9.17, 15) is 9.59 Å². The van der Waals surface area contributed by atoms with E-state index in [-0.39, 0.29) is 24.6 Å². The fourth-order valence-electron chi connectivity index (χ4n) is 5.88. The van der Waals surface area contributed by atoms with E-state index >= 15 is 0 Å². The van der Waals surface area contributed by atoms with Gasteiger partial charge in [-0.15, -0.1) is 0 Å². The van der Waals surface area contributed by atoms with Gasteiger partial charge in [-0.2, -0.15) is 0 Å². The standard InChI is InChI=1S/C30H31N2O5/c33-25(23-11-12-26-27(17-23)36-20-35-26)18-32-15-13-21(14-16-32)28(19-32)37-30(34)29(22-7-3-1-4-8-22)31-24-9-5-2-6-10-24/h1-12,17,21,28-29,31H,13-16,18-20H2/q+1/t21?,28-,29+,32?/m0/s1. The molecule has 3 saturated heterocycles. The highest BCUT2D eigenvalue weighted by Crippen LogP contribution is 2.38. The molecule has 7 nitrogen and oxygen atoms in total. The molecule has 37 heavy (non-hydrogen) atoms. The number of esters is 1. The predicted octanol–water partition coefficient (Wildman–Crippen LogP) is 4.60. The summed E-state index contributed by atoms with van der Waals surface area (Å²) in [5.74, 6) is 1.42. The number of quaternary nitrogens is 1. The van der Waals surface area contributed by atoms with Crippen LogP contribution in [0.3, 0.4) is 0 Å². The third kappa shape index (κ3) is 4.91. The van der Waals surface area contributed by atoms with Crippen molar-refractivity contribution < 1.29 is 28.3 Å². The maximum atomic E-state index is 13.6. The summed E-state index contributed by atoms with van der Waals surface area (Å²) < 4.78 is 17.7. The lowest BCUT2D eigenvalue weighted by atomic mass is 9.82. The summed E-state index contributed by atoms with van der Waals surface area (Å²) >= 11 is 0. The zero-order chi connectivity index (χ0) is 25.2. The number of Topliss-reactive ketones (excluding diaryl/α,β-unsaturated/α-hetero) is 1. The first-order valence-electron chi connectivity index (χ1n) is 12.9. The minimum absolute atomic E-state index is 0.0802. The van der Waals surface area contributed by atoms with Crippen LogP contribution >= 0.6 is 0 Å². The van der Waals surface area contributed by atoms with Gasteiger partial charge in [0.25, 0.3) is 0 Å². The lowest BCUT2D eigenvalue weighted by molar-refractivity contribution is -0.938. The lowest BCUT2D eigenvalue weighted by Gasteiger charge is -2.51. The molecule has 0 amide bonds. The second kappa shape index (κ2) is 9.90. The molecule has 0 spiro atoms. The van der Waals surface area contributed by atoms with Crippen LogP contribution in [-0.2, 0) is 9.53 Å². The molecule has 1 N–H and O–H groups in total. The average molecular weight is 500 g/mol. The Morgan fingerprint density at radius 2 is 1.62 bits per heavy atom. The third-order valence-electron chi connectivity index (χ3n) is 7.94. The summed E-state index contributed by atoms with van der Waals surface area (Å²) in [5, 5.41) is 3.36. The molecule has 0 unspecified atom stereocenters. The Morgan fingerprint density at radius 1 is 0.919 bits per heavy atom. The molecule has 3 aromatic carbocycles. The molecule has 0 radical (unpaired) electrons. The number of nitrogens with zero attached hydrogens (tertiary/aromatic N) is 1. The largest absolute Gasteiger partial charge is 0.454 e. The number of carbonyl (C=O) groups is 2. The third-order valence-corrected chi connectivity index (χ3v) is 7.94. The summed E-state index contributed by atoms with van der Waals surface area (Å²) in [7, 11) is 0. The predicted molar refractivity (Wildman–Crippen MR) is 138 cm³/mol. The number of fused-ring (bicyclic) bond motifs is 4. The van der Waals surface area contributed by atoms with E-state index in [0.29, 0.717) is 40.6 Å². The van der Waals surface area contributed by atoms with Crippen molar-refractivity contribution in [2.75, 3.05) is 38.3 Å². The van der Waals surface area contributed by atoms with Crippen molar-refractivity contribution in [2.45, 2.75) is 25.0 Å². The molecule has 0 aromatic heterocycles. The van der Waals surface area contributed by atoms with Crippen LogP contribution in [-0.4, -0.2) is 55.3 Å². The number of piperidine rings is 3. The van der Waals surface area contributed by atoms with Gasteiger partial charge < -0.3 is 24.0 Å². The molecule has 7 heteroatoms. The van der Waals surface area contributed by atoms with Gasteiger partial charge in [0.1, 0.15) is 13.1 Å². The Balaban J connectivity index is 1.17. The summed E-state index contributed by atoms with van der Waals surface area (Å²) in [6.45, 7) is 3.10. The SMILES string of the molecule is O=C(C[N+]12CCC(CC1)[C@@H](OC(=O)[C@H](Nc1ccccc1)c1ccccc1)C2)c1ccc2c(c1)OCO2. The minimum atomic E-state index is -0.609. The number of anilines is 1. The molecule has 2 atom stereocenters. The van der Waals surface area contributed by atoms with Crippen molar-refractivity contribution in [1.82, 2.24) is 0 Å². The number of ketones is 1. The molecule has 0 saturated carbocycles. The summed E-state index contributed by atoms with van der Waals surface area (Å²) in [5.41, 5.74) is 2.36. The van der Waals surface area contributed by atoms with Gasteiger partial charge in [0.2, 0.25) is 12.6 Å². The van der Waals surface area contributed by atoms with Crippen LogP contribution < -0.4 is 14.8 Å². The normalized spacial score (nSPS) is 24.3. The highest BCUT2D eigenvalue weighted by molar-refractivity contribution is 5.97. The number of para-hydroxylation sites is 1. The lowest BCUT2D eigenvalue weighted by Crippen LogP contribution is -2.65. The highest BCUT2D eigenvalue weighted by atomic mass is 16.7. The molecule has 4 aliphatic rings. The second-order valence-electron chi connectivity index (χ2n) is 10.3. The molecular formula is C30H31N2O5+. The zero-order valence-electron chi connectivity index (χ0n) is 20.7. The van der Waals surface area contributed by atoms with Gasteiger partial charge in [0.15, 0.2) is 23.6 Å². The van der Waals surface area contributed by atoms with E-state index in [4.69, 9.17) is 14.2 Å². The van der Waals surface area contributed by atoms with Crippen LogP contribution in [0.1, 0.15) is 34.8 Å². The Labute approximate surface area is 216 Å². The second-order valence-corrected chi connectivity index (χ2v) is 10.3. The Kier molecular flexibility index (Phi) is 6.30. The molecule has 4 aliphatic heterocycles. The molecule has 3 aromatic rings. The smallest absolute Gasteiger partial charge is 0.333 e. The topological polar surface area (TPSA) is 73.9 Å². The highest BCUT2D eigenvalue weighted by Gasteiger charge is 2.49. The summed E-state index contributed by atoms with van der Waals surface area (Å²) in [4.78, 5) is 26.9. The average Bonchev–Trinajstić information content (AvgIpc) is 3.41. The number of nitrogens with one attached hydrogen (secondary N) is 1. The van der Waals surface area contributed by atoms with E-state index in [0.717, 1.165) is 37.2 Å². The van der Waals surface area contributed by atoms with Crippen LogP contribution in [0.15, 0.2) is 78.9 Å². The first-order chi connectivity index (χ1) is 18.1. The van der Waals surface area contributed by atoms with E-state index in [1.165, 1.54) is 0 Å². The number of rotatable bonds is 8. The van der Waals surface area contributed by atoms with Gasteiger partial charge in [-0.3, -0.25) is 4.79 Å². The summed E-state index contributed by atoms with van der Waals surface area (Å²) in [6.07, 6.45) is 1.70. The van der Waals surface area contributed by atoms with Gasteiger partial charge >= 0.3 is 5.97 Å². The fourth-order valence-corrected chi connectivity index (χ4v) is 5.88. The van der Waals surface area contributed by atoms with Gasteiger partial charge in [0, 0.05) is 30.0 Å². The number of ether oxygens (including phenoxy) is 3. The number of hydrogen-bond acceptors (Lipinski definition) is 6. The number of carbonyl (C=O) groups excluding carboxylic acids is 2. The minimum Gasteiger partial charge on any atom is -0.454 e. The van der Waals surface area contributed by atoms with Crippen molar-refractivity contribution in [3.05, 3.63) is 90.0 Å². The van der Waals surface area contributed by atoms with Crippen molar-refractivity contribution in [1.29, 1.82) is 0 Å². The summed E-state index contributed by atoms with van der Waals surface area (Å²) in [6, 6.07) is 24.2. The molecule has 4 heterocycles. The quantitative estimate of drug-likeness (QED) is 0.277. The van der Waals surface area contributed by atoms with Gasteiger partial charge in [-0.25, -0.2) is 4.79 Å². The Bertz CT molecular complexity index is 1270. The van der Waals surface area contributed by atoms with Gasteiger partial charge in [0.05, 0.1) is 13.1 Å². The molecule has 7 rings (SSSR count). The molecule has 0 aliphatic carbocycles. The number of hydrogen-bond donors (Lipinski definition) is 1. The Morgan fingerprint density at radius 3 is 2.38 bits per heavy atom. The van der Waals surface area contributed by atoms with Gasteiger partial charge in [-0.1, -0.05) is 48.5 Å². The molecule has 190 valence electrons. The van der Waals surface area contributed by atoms with Gasteiger partial charge in [-0.05, 0) is 35.9 Å². The zero-order valence-corrected chi connectivity index (χ0v) is 20.7. The fraction of sp³-hybridized carbons (Fsp3) is 0.333. The van der Waals surface area contributed by atoms with Crippen LogP contribution in [0, 0.1) is 5.92 Å². The van der Waals surface area contributed by atoms with Crippen molar-refractivity contribution in [2.24, 2.45) is 5.92 Å². The van der Waals surface area contributed by atoms with E-state index in [1.54, 1.807) is 12.1 Å². The molecule has 2 bridgehead atoms. The van der Waals surface area contributed by atoms with E-state index in [1.807, 2.05) is 66.7 Å². The maximum Gasteiger partial charge on any atom is 0.333 e. The van der Waals surface area contributed by atoms with E-state index < -0.39 is 6.04 Å².